The van der Waals surface area contributed by atoms with Crippen molar-refractivity contribution in [2.75, 3.05) is 50.7 Å². The van der Waals surface area contributed by atoms with Crippen molar-refractivity contribution < 1.29 is 9.59 Å². The lowest BCUT2D eigenvalue weighted by atomic mass is 10.1. The second-order valence-electron chi connectivity index (χ2n) is 8.08. The summed E-state index contributed by atoms with van der Waals surface area (Å²) in [6.45, 7) is 5.65. The summed E-state index contributed by atoms with van der Waals surface area (Å²) in [7, 11) is 0. The molecule has 4 rings (SSSR count). The van der Waals surface area contributed by atoms with E-state index >= 15 is 0 Å². The molecule has 31 heavy (non-hydrogen) atoms. The number of hydrogen-bond acceptors (Lipinski definition) is 6. The summed E-state index contributed by atoms with van der Waals surface area (Å²) in [5.41, 5.74) is 0.985. The topological polar surface area (TPSA) is 81.7 Å². The van der Waals surface area contributed by atoms with Gasteiger partial charge in [0.15, 0.2) is 0 Å². The minimum atomic E-state index is -0.344. The molecular weight excluding hydrogens is 392 g/mol. The molecule has 1 aromatic carbocycles. The van der Waals surface area contributed by atoms with Gasteiger partial charge in [0.1, 0.15) is 6.04 Å². The fourth-order valence-corrected chi connectivity index (χ4v) is 4.29. The zero-order chi connectivity index (χ0) is 21.5. The van der Waals surface area contributed by atoms with E-state index in [9.17, 15) is 9.59 Å². The maximum absolute atomic E-state index is 12.7. The maximum atomic E-state index is 12.7. The molecule has 1 aromatic heterocycles. The Morgan fingerprint density at radius 3 is 2.45 bits per heavy atom. The third kappa shape index (κ3) is 5.58. The average molecular weight is 423 g/mol. The molecule has 8 nitrogen and oxygen atoms in total. The SMILES string of the molecule is O=C(NCCN1CCN(c2ncccn2)CC1)C1CCCN1C(=O)Cc1ccccc1. The Balaban J connectivity index is 1.19. The van der Waals surface area contributed by atoms with Crippen LogP contribution in [0.3, 0.4) is 0 Å². The molecular formula is C23H30N6O2. The predicted octanol–water partition coefficient (Wildman–Crippen LogP) is 0.949. The van der Waals surface area contributed by atoms with Crippen LogP contribution in [0.2, 0.25) is 0 Å². The molecule has 2 saturated heterocycles. The molecule has 1 N–H and O–H groups in total. The number of amides is 2. The zero-order valence-electron chi connectivity index (χ0n) is 17.8. The number of aromatic nitrogens is 2. The van der Waals surface area contributed by atoms with Gasteiger partial charge in [-0.2, -0.15) is 0 Å². The van der Waals surface area contributed by atoms with Crippen molar-refractivity contribution in [2.24, 2.45) is 0 Å². The molecule has 2 aliphatic rings. The van der Waals surface area contributed by atoms with Gasteiger partial charge in [-0.1, -0.05) is 30.3 Å². The van der Waals surface area contributed by atoms with Crippen molar-refractivity contribution in [3.63, 3.8) is 0 Å². The number of carbonyl (C=O) groups is 2. The van der Waals surface area contributed by atoms with Crippen LogP contribution < -0.4 is 10.2 Å². The van der Waals surface area contributed by atoms with Gasteiger partial charge in [-0.25, -0.2) is 9.97 Å². The van der Waals surface area contributed by atoms with Gasteiger partial charge < -0.3 is 15.1 Å². The van der Waals surface area contributed by atoms with Gasteiger partial charge in [0.25, 0.3) is 0 Å². The van der Waals surface area contributed by atoms with Crippen LogP contribution in [0.15, 0.2) is 48.8 Å². The summed E-state index contributed by atoms with van der Waals surface area (Å²) in [5, 5.41) is 3.05. The lowest BCUT2D eigenvalue weighted by Crippen LogP contribution is -2.51. The van der Waals surface area contributed by atoms with Crippen LogP contribution in [0.5, 0.6) is 0 Å². The molecule has 164 valence electrons. The van der Waals surface area contributed by atoms with Crippen molar-refractivity contribution in [2.45, 2.75) is 25.3 Å². The van der Waals surface area contributed by atoms with Crippen LogP contribution in [0.25, 0.3) is 0 Å². The third-order valence-electron chi connectivity index (χ3n) is 6.01. The monoisotopic (exact) mass is 422 g/mol. The maximum Gasteiger partial charge on any atom is 0.242 e. The lowest BCUT2D eigenvalue weighted by Gasteiger charge is -2.34. The first-order valence-corrected chi connectivity index (χ1v) is 11.1. The number of anilines is 1. The molecule has 3 heterocycles. The number of benzene rings is 1. The van der Waals surface area contributed by atoms with E-state index in [0.29, 0.717) is 19.5 Å². The van der Waals surface area contributed by atoms with Crippen molar-refractivity contribution in [1.29, 1.82) is 0 Å². The Kier molecular flexibility index (Phi) is 7.09. The minimum Gasteiger partial charge on any atom is -0.353 e. The van der Waals surface area contributed by atoms with E-state index in [1.165, 1.54) is 0 Å². The molecule has 2 aliphatic heterocycles. The highest BCUT2D eigenvalue weighted by Crippen LogP contribution is 2.19. The first kappa shape index (κ1) is 21.2. The smallest absolute Gasteiger partial charge is 0.242 e. The van der Waals surface area contributed by atoms with E-state index in [1.807, 2.05) is 36.4 Å². The normalized spacial score (nSPS) is 19.4. The van der Waals surface area contributed by atoms with E-state index in [-0.39, 0.29) is 17.9 Å². The summed E-state index contributed by atoms with van der Waals surface area (Å²) in [6.07, 6.45) is 5.49. The zero-order valence-corrected chi connectivity index (χ0v) is 17.8. The molecule has 0 radical (unpaired) electrons. The molecule has 0 bridgehead atoms. The molecule has 2 aromatic rings. The van der Waals surface area contributed by atoms with E-state index in [4.69, 9.17) is 0 Å². The van der Waals surface area contributed by atoms with E-state index < -0.39 is 0 Å². The van der Waals surface area contributed by atoms with Crippen LogP contribution in [0, 0.1) is 0 Å². The molecule has 1 unspecified atom stereocenters. The number of carbonyl (C=O) groups excluding carboxylic acids is 2. The summed E-state index contributed by atoms with van der Waals surface area (Å²) in [5.74, 6) is 0.773. The van der Waals surface area contributed by atoms with Crippen molar-refractivity contribution in [3.8, 4) is 0 Å². The fourth-order valence-electron chi connectivity index (χ4n) is 4.29. The molecule has 0 spiro atoms. The van der Waals surface area contributed by atoms with Gasteiger partial charge in [-0.15, -0.1) is 0 Å². The van der Waals surface area contributed by atoms with Crippen LogP contribution in [0.1, 0.15) is 18.4 Å². The standard InChI is InChI=1S/C23H30N6O2/c30-21(18-19-6-2-1-3-7-19)29-12-4-8-20(29)22(31)24-11-13-27-14-16-28(17-15-27)23-25-9-5-10-26-23/h1-3,5-7,9-10,20H,4,8,11-18H2,(H,24,31). The Morgan fingerprint density at radius 1 is 0.968 bits per heavy atom. The molecule has 1 atom stereocenters. The highest BCUT2D eigenvalue weighted by atomic mass is 16.2. The van der Waals surface area contributed by atoms with Crippen LogP contribution in [0.4, 0.5) is 5.95 Å². The predicted molar refractivity (Wildman–Crippen MR) is 119 cm³/mol. The highest BCUT2D eigenvalue weighted by Gasteiger charge is 2.33. The summed E-state index contributed by atoms with van der Waals surface area (Å²) in [6, 6.07) is 11.2. The van der Waals surface area contributed by atoms with E-state index in [1.54, 1.807) is 17.3 Å². The van der Waals surface area contributed by atoms with Crippen LogP contribution in [-0.4, -0.2) is 83.4 Å². The van der Waals surface area contributed by atoms with Gasteiger partial charge >= 0.3 is 0 Å². The lowest BCUT2D eigenvalue weighted by molar-refractivity contribution is -0.138. The summed E-state index contributed by atoms with van der Waals surface area (Å²) < 4.78 is 0. The second kappa shape index (κ2) is 10.3. The van der Waals surface area contributed by atoms with Crippen molar-refractivity contribution >= 4 is 17.8 Å². The fraction of sp³-hybridized carbons (Fsp3) is 0.478. The van der Waals surface area contributed by atoms with Gasteiger partial charge in [0.2, 0.25) is 17.8 Å². The Labute approximate surface area is 183 Å². The third-order valence-corrected chi connectivity index (χ3v) is 6.01. The van der Waals surface area contributed by atoms with Gasteiger partial charge in [-0.05, 0) is 24.5 Å². The Morgan fingerprint density at radius 2 is 1.71 bits per heavy atom. The Hall–Kier alpha value is -3.00. The number of nitrogens with zero attached hydrogens (tertiary/aromatic N) is 5. The van der Waals surface area contributed by atoms with Gasteiger partial charge in [-0.3, -0.25) is 14.5 Å². The first-order valence-electron chi connectivity index (χ1n) is 11.1. The largest absolute Gasteiger partial charge is 0.353 e. The number of nitrogens with one attached hydrogen (secondary N) is 1. The number of piperazine rings is 1. The van der Waals surface area contributed by atoms with Gasteiger partial charge in [0.05, 0.1) is 6.42 Å². The van der Waals surface area contributed by atoms with Crippen LogP contribution in [-0.2, 0) is 16.0 Å². The summed E-state index contributed by atoms with van der Waals surface area (Å²) in [4.78, 5) is 40.4. The van der Waals surface area contributed by atoms with E-state index in [0.717, 1.165) is 57.1 Å². The second-order valence-corrected chi connectivity index (χ2v) is 8.08. The quantitative estimate of drug-likeness (QED) is 0.716. The molecule has 8 heteroatoms. The number of hydrogen-bond donors (Lipinski definition) is 1. The molecule has 2 fully saturated rings. The van der Waals surface area contributed by atoms with Crippen molar-refractivity contribution in [1.82, 2.24) is 25.1 Å². The van der Waals surface area contributed by atoms with Crippen molar-refractivity contribution in [3.05, 3.63) is 54.4 Å². The Bertz CT molecular complexity index is 855. The average Bonchev–Trinajstić information content (AvgIpc) is 3.31. The number of rotatable bonds is 7. The molecule has 0 aliphatic carbocycles. The molecule has 0 saturated carbocycles. The van der Waals surface area contributed by atoms with Gasteiger partial charge in [0, 0.05) is 58.2 Å². The molecule has 2 amide bonds. The van der Waals surface area contributed by atoms with E-state index in [2.05, 4.69) is 25.1 Å². The van der Waals surface area contributed by atoms with Crippen LogP contribution >= 0.6 is 0 Å². The number of likely N-dealkylation sites (tertiary alicyclic amines) is 1. The summed E-state index contributed by atoms with van der Waals surface area (Å²) >= 11 is 0. The minimum absolute atomic E-state index is 0.0307. The highest BCUT2D eigenvalue weighted by molar-refractivity contribution is 5.89. The first-order chi connectivity index (χ1) is 15.2.